The predicted molar refractivity (Wildman–Crippen MR) is 141 cm³/mol. The van der Waals surface area contributed by atoms with Crippen LogP contribution in [0.3, 0.4) is 0 Å². The number of aromatic nitrogens is 3. The van der Waals surface area contributed by atoms with E-state index < -0.39 is 11.5 Å². The number of halogens is 1. The maximum atomic E-state index is 13.7. The summed E-state index contributed by atoms with van der Waals surface area (Å²) in [7, 11) is 1.57. The minimum Gasteiger partial charge on any atom is -0.497 e. The first-order valence-electron chi connectivity index (χ1n) is 11.5. The highest BCUT2D eigenvalue weighted by Gasteiger charge is 2.52. The third kappa shape index (κ3) is 5.26. The Labute approximate surface area is 218 Å². The fourth-order valence-electron chi connectivity index (χ4n) is 4.35. The van der Waals surface area contributed by atoms with E-state index >= 15 is 0 Å². The number of hydrogen-bond acceptors (Lipinski definition) is 6. The van der Waals surface area contributed by atoms with Gasteiger partial charge in [0, 0.05) is 40.8 Å². The number of aryl methyl sites for hydroxylation is 1. The van der Waals surface area contributed by atoms with Gasteiger partial charge in [-0.25, -0.2) is 0 Å². The lowest BCUT2D eigenvalue weighted by atomic mass is 9.83. The van der Waals surface area contributed by atoms with E-state index in [1.165, 1.54) is 0 Å². The van der Waals surface area contributed by atoms with Crippen LogP contribution in [0.2, 0.25) is 0 Å². The molecule has 8 nitrogen and oxygen atoms in total. The van der Waals surface area contributed by atoms with Gasteiger partial charge in [-0.05, 0) is 64.9 Å². The fourth-order valence-corrected chi connectivity index (χ4v) is 4.96. The molecule has 2 heterocycles. The Morgan fingerprint density at radius 2 is 2.09 bits per heavy atom. The molecule has 9 heteroatoms. The number of benzene rings is 2. The number of rotatable bonds is 10. The van der Waals surface area contributed by atoms with Crippen LogP contribution in [-0.4, -0.2) is 44.8 Å². The molecule has 0 fully saturated rings. The van der Waals surface area contributed by atoms with Crippen LogP contribution in [0.15, 0.2) is 60.8 Å². The molecule has 0 saturated carbocycles. The highest BCUT2D eigenvalue weighted by Crippen LogP contribution is 2.47. The molecule has 3 aromatic rings. The van der Waals surface area contributed by atoms with E-state index in [2.05, 4.69) is 32.9 Å². The van der Waals surface area contributed by atoms with Gasteiger partial charge in [0.05, 0.1) is 25.0 Å². The average Bonchev–Trinajstić information content (AvgIpc) is 3.38. The summed E-state index contributed by atoms with van der Waals surface area (Å²) < 4.78 is 8.20. The third-order valence-electron chi connectivity index (χ3n) is 6.27. The average molecular weight is 588 g/mol. The van der Waals surface area contributed by atoms with Crippen LogP contribution < -0.4 is 9.64 Å². The summed E-state index contributed by atoms with van der Waals surface area (Å²) in [5.74, 6) is -0.226. The van der Waals surface area contributed by atoms with Crippen molar-refractivity contribution < 1.29 is 19.7 Å². The van der Waals surface area contributed by atoms with Crippen molar-refractivity contribution in [3.63, 3.8) is 0 Å². The minimum absolute atomic E-state index is 0.0372. The van der Waals surface area contributed by atoms with Gasteiger partial charge in [0.2, 0.25) is 0 Å². The van der Waals surface area contributed by atoms with Gasteiger partial charge in [0.15, 0.2) is 5.60 Å². The number of fused-ring (bicyclic) bond motifs is 1. The summed E-state index contributed by atoms with van der Waals surface area (Å²) in [5.41, 5.74) is 1.28. The molecule has 2 N–H and O–H groups in total. The molecule has 184 valence electrons. The Balaban J connectivity index is 1.55. The van der Waals surface area contributed by atoms with Gasteiger partial charge in [-0.2, -0.15) is 0 Å². The van der Waals surface area contributed by atoms with Crippen molar-refractivity contribution in [2.75, 3.05) is 18.6 Å². The Hall–Kier alpha value is -2.76. The normalized spacial score (nSPS) is 18.3. The number of amides is 1. The van der Waals surface area contributed by atoms with Crippen LogP contribution >= 0.6 is 22.6 Å². The van der Waals surface area contributed by atoms with Gasteiger partial charge < -0.3 is 19.8 Å². The smallest absolute Gasteiger partial charge is 0.264 e. The summed E-state index contributed by atoms with van der Waals surface area (Å²) in [6.07, 6.45) is 6.77. The molecule has 2 atom stereocenters. The predicted octanol–water partition coefficient (Wildman–Crippen LogP) is 3.44. The number of aliphatic hydroxyl groups excluding tert-OH is 1. The number of methoxy groups -OCH3 is 1. The Morgan fingerprint density at radius 3 is 2.83 bits per heavy atom. The fraction of sp³-hybridized carbons (Fsp3) is 0.346. The van der Waals surface area contributed by atoms with Gasteiger partial charge >= 0.3 is 0 Å². The number of allylic oxidation sites excluding steroid dienone is 1. The zero-order chi connectivity index (χ0) is 25.0. The number of hydrogen-bond donors (Lipinski definition) is 2. The second-order valence-corrected chi connectivity index (χ2v) is 9.87. The van der Waals surface area contributed by atoms with Gasteiger partial charge in [0.1, 0.15) is 5.75 Å². The van der Waals surface area contributed by atoms with Crippen molar-refractivity contribution in [2.24, 2.45) is 5.92 Å². The summed E-state index contributed by atoms with van der Waals surface area (Å²) >= 11 is 2.25. The lowest BCUT2D eigenvalue weighted by Crippen LogP contribution is -2.44. The molecule has 1 aromatic heterocycles. The molecule has 0 unspecified atom stereocenters. The zero-order valence-corrected chi connectivity index (χ0v) is 21.9. The largest absolute Gasteiger partial charge is 0.497 e. The first-order chi connectivity index (χ1) is 16.9. The monoisotopic (exact) mass is 588 g/mol. The summed E-state index contributed by atoms with van der Waals surface area (Å²) in [4.78, 5) is 15.3. The van der Waals surface area contributed by atoms with Crippen LogP contribution in [0, 0.1) is 9.49 Å². The Morgan fingerprint density at radius 1 is 1.26 bits per heavy atom. The Bertz CT molecular complexity index is 1230. The van der Waals surface area contributed by atoms with Crippen LogP contribution in [-0.2, 0) is 29.9 Å². The molecule has 0 bridgehead atoms. The van der Waals surface area contributed by atoms with E-state index in [4.69, 9.17) is 9.84 Å². The minimum atomic E-state index is -1.70. The van der Waals surface area contributed by atoms with Crippen LogP contribution in [0.25, 0.3) is 0 Å². The SMILES string of the molecule is COc1ccc2c(c1)[C@@](O)([C@H](C)/C=C/CCn1cc(CCO)nn1)C(=O)N2Cc1cccc(I)c1. The van der Waals surface area contributed by atoms with E-state index in [9.17, 15) is 9.90 Å². The maximum absolute atomic E-state index is 13.7. The lowest BCUT2D eigenvalue weighted by molar-refractivity contribution is -0.139. The Kier molecular flexibility index (Phi) is 7.88. The van der Waals surface area contributed by atoms with E-state index in [1.807, 2.05) is 61.7 Å². The number of ether oxygens (including phenoxy) is 1. The van der Waals surface area contributed by atoms with Crippen molar-refractivity contribution in [2.45, 2.75) is 38.5 Å². The van der Waals surface area contributed by atoms with Crippen molar-refractivity contribution >= 4 is 34.2 Å². The molecule has 35 heavy (non-hydrogen) atoms. The topological polar surface area (TPSA) is 101 Å². The maximum Gasteiger partial charge on any atom is 0.264 e. The molecular formula is C26H29IN4O4. The number of nitrogens with zero attached hydrogens (tertiary/aromatic N) is 4. The second kappa shape index (κ2) is 10.9. The van der Waals surface area contributed by atoms with Gasteiger partial charge in [-0.1, -0.05) is 36.4 Å². The second-order valence-electron chi connectivity index (χ2n) is 8.62. The van der Waals surface area contributed by atoms with E-state index in [-0.39, 0.29) is 12.5 Å². The summed E-state index contributed by atoms with van der Waals surface area (Å²) in [6, 6.07) is 13.4. The van der Waals surface area contributed by atoms with Crippen LogP contribution in [0.5, 0.6) is 5.75 Å². The van der Waals surface area contributed by atoms with Crippen molar-refractivity contribution in [1.29, 1.82) is 0 Å². The number of carbonyl (C=O) groups is 1. The molecule has 0 aliphatic carbocycles. The van der Waals surface area contributed by atoms with Crippen LogP contribution in [0.4, 0.5) is 5.69 Å². The van der Waals surface area contributed by atoms with Gasteiger partial charge in [0.25, 0.3) is 5.91 Å². The van der Waals surface area contributed by atoms with E-state index in [0.29, 0.717) is 42.9 Å². The number of anilines is 1. The molecule has 1 amide bonds. The van der Waals surface area contributed by atoms with Crippen molar-refractivity contribution in [3.05, 3.63) is 81.2 Å². The first kappa shape index (κ1) is 25.3. The quantitative estimate of drug-likeness (QED) is 0.278. The zero-order valence-electron chi connectivity index (χ0n) is 19.8. The summed E-state index contributed by atoms with van der Waals surface area (Å²) in [6.45, 7) is 2.87. The van der Waals surface area contributed by atoms with E-state index in [1.54, 1.807) is 22.8 Å². The molecule has 2 aromatic carbocycles. The van der Waals surface area contributed by atoms with Crippen LogP contribution in [0.1, 0.15) is 30.2 Å². The summed E-state index contributed by atoms with van der Waals surface area (Å²) in [5, 5.41) is 28.9. The van der Waals surface area contributed by atoms with Crippen molar-refractivity contribution in [3.8, 4) is 5.75 Å². The standard InChI is InChI=1S/C26H29IN4O4/c1-18(6-3-4-12-30-17-21(11-13-32)28-29-30)26(34)23-15-22(35-2)9-10-24(23)31(25(26)33)16-19-7-5-8-20(27)14-19/h3,5-10,14-15,17-18,32,34H,4,11-13,16H2,1-2H3/b6-3+/t18-,26+/m1/s1. The van der Waals surface area contributed by atoms with Crippen molar-refractivity contribution in [1.82, 2.24) is 15.0 Å². The van der Waals surface area contributed by atoms with E-state index in [0.717, 1.165) is 14.8 Å². The molecule has 0 saturated heterocycles. The van der Waals surface area contributed by atoms with Gasteiger partial charge in [-0.15, -0.1) is 5.10 Å². The first-order valence-corrected chi connectivity index (χ1v) is 12.6. The molecule has 1 aliphatic rings. The molecule has 0 radical (unpaired) electrons. The molecule has 4 rings (SSSR count). The van der Waals surface area contributed by atoms with Gasteiger partial charge in [-0.3, -0.25) is 9.48 Å². The molecule has 1 aliphatic heterocycles. The number of carbonyl (C=O) groups excluding carboxylic acids is 1. The highest BCUT2D eigenvalue weighted by atomic mass is 127. The molecule has 0 spiro atoms. The number of aliphatic hydroxyl groups is 2. The lowest BCUT2D eigenvalue weighted by Gasteiger charge is -2.27. The highest BCUT2D eigenvalue weighted by molar-refractivity contribution is 14.1. The third-order valence-corrected chi connectivity index (χ3v) is 6.94. The molecular weight excluding hydrogens is 559 g/mol.